The fourth-order valence-electron chi connectivity index (χ4n) is 2.58. The van der Waals surface area contributed by atoms with Crippen LogP contribution in [0.3, 0.4) is 0 Å². The first-order valence-corrected chi connectivity index (χ1v) is 7.13. The molecule has 1 aromatic rings. The zero-order chi connectivity index (χ0) is 15.4. The van der Waals surface area contributed by atoms with Gasteiger partial charge in [-0.2, -0.15) is 0 Å². The molecule has 2 amide bonds. The average molecular weight is 290 g/mol. The number of amides is 2. The van der Waals surface area contributed by atoms with Gasteiger partial charge in [0.1, 0.15) is 0 Å². The molecular weight excluding hydrogens is 268 g/mol. The first-order chi connectivity index (χ1) is 9.97. The Kier molecular flexibility index (Phi) is 4.80. The van der Waals surface area contributed by atoms with Gasteiger partial charge < -0.3 is 16.4 Å². The molecule has 1 fully saturated rings. The summed E-state index contributed by atoms with van der Waals surface area (Å²) in [6.45, 7) is 5.64. The third-order valence-electron chi connectivity index (χ3n) is 3.86. The monoisotopic (exact) mass is 290 g/mol. The number of hydrogen-bond donors (Lipinski definition) is 2. The number of benzene rings is 1. The number of nitrogens with zero attached hydrogens (tertiary/aromatic N) is 2. The zero-order valence-electron chi connectivity index (χ0n) is 12.3. The first kappa shape index (κ1) is 15.3. The summed E-state index contributed by atoms with van der Waals surface area (Å²) in [5.74, 6) is -0.345. The Morgan fingerprint density at radius 1 is 1.19 bits per heavy atom. The molecule has 114 valence electrons. The summed E-state index contributed by atoms with van der Waals surface area (Å²) >= 11 is 0. The molecular formula is C15H22N4O2. The van der Waals surface area contributed by atoms with E-state index in [-0.39, 0.29) is 5.91 Å². The highest BCUT2D eigenvalue weighted by Gasteiger charge is 2.17. The Bertz CT molecular complexity index is 544. The zero-order valence-corrected chi connectivity index (χ0v) is 12.3. The van der Waals surface area contributed by atoms with Crippen LogP contribution in [0.25, 0.3) is 0 Å². The summed E-state index contributed by atoms with van der Waals surface area (Å²) < 4.78 is 0. The maximum atomic E-state index is 11.4. The molecule has 1 heterocycles. The van der Waals surface area contributed by atoms with Crippen LogP contribution < -0.4 is 11.5 Å². The van der Waals surface area contributed by atoms with Crippen molar-refractivity contribution in [2.24, 2.45) is 5.73 Å². The standard InChI is InChI=1S/C15H22N4O2/c1-11(20)19-6-2-5-18(7-8-19)10-13-4-3-12(15(17)21)9-14(13)16/h3-4,9H,2,5-8,10,16H2,1H3,(H2,17,21). The Balaban J connectivity index is 2.01. The predicted octanol–water partition coefficient (Wildman–Crippen LogP) is 0.422. The Morgan fingerprint density at radius 2 is 1.95 bits per heavy atom. The van der Waals surface area contributed by atoms with Crippen molar-refractivity contribution < 1.29 is 9.59 Å². The van der Waals surface area contributed by atoms with Gasteiger partial charge in [-0.3, -0.25) is 14.5 Å². The van der Waals surface area contributed by atoms with Gasteiger partial charge in [0, 0.05) is 50.9 Å². The normalized spacial score (nSPS) is 16.5. The molecule has 4 N–H and O–H groups in total. The predicted molar refractivity (Wildman–Crippen MR) is 81.5 cm³/mol. The van der Waals surface area contributed by atoms with E-state index < -0.39 is 5.91 Å². The third kappa shape index (κ3) is 3.95. The minimum atomic E-state index is -0.472. The highest BCUT2D eigenvalue weighted by Crippen LogP contribution is 2.17. The first-order valence-electron chi connectivity index (χ1n) is 7.13. The van der Waals surface area contributed by atoms with Crippen molar-refractivity contribution in [3.8, 4) is 0 Å². The van der Waals surface area contributed by atoms with E-state index in [1.165, 1.54) is 0 Å². The fraction of sp³-hybridized carbons (Fsp3) is 0.467. The van der Waals surface area contributed by atoms with E-state index >= 15 is 0 Å². The van der Waals surface area contributed by atoms with Crippen LogP contribution in [-0.4, -0.2) is 47.8 Å². The summed E-state index contributed by atoms with van der Waals surface area (Å²) in [5.41, 5.74) is 13.2. The van der Waals surface area contributed by atoms with E-state index in [1.807, 2.05) is 11.0 Å². The van der Waals surface area contributed by atoms with Gasteiger partial charge in [-0.1, -0.05) is 6.07 Å². The van der Waals surface area contributed by atoms with Crippen LogP contribution in [0.15, 0.2) is 18.2 Å². The third-order valence-corrected chi connectivity index (χ3v) is 3.86. The van der Waals surface area contributed by atoms with Crippen molar-refractivity contribution in [2.75, 3.05) is 31.9 Å². The molecule has 0 aromatic heterocycles. The molecule has 2 rings (SSSR count). The van der Waals surface area contributed by atoms with Crippen molar-refractivity contribution in [3.63, 3.8) is 0 Å². The van der Waals surface area contributed by atoms with Gasteiger partial charge in [0.15, 0.2) is 0 Å². The van der Waals surface area contributed by atoms with Crippen LogP contribution in [-0.2, 0) is 11.3 Å². The van der Waals surface area contributed by atoms with Crippen LogP contribution in [0.2, 0.25) is 0 Å². The lowest BCUT2D eigenvalue weighted by Gasteiger charge is -2.22. The van der Waals surface area contributed by atoms with Crippen LogP contribution in [0.5, 0.6) is 0 Å². The van der Waals surface area contributed by atoms with Gasteiger partial charge in [0.25, 0.3) is 0 Å². The molecule has 0 radical (unpaired) electrons. The van der Waals surface area contributed by atoms with Crippen LogP contribution in [0.4, 0.5) is 5.69 Å². The van der Waals surface area contributed by atoms with Gasteiger partial charge in [-0.15, -0.1) is 0 Å². The van der Waals surface area contributed by atoms with Crippen LogP contribution >= 0.6 is 0 Å². The van der Waals surface area contributed by atoms with Crippen molar-refractivity contribution in [2.45, 2.75) is 19.9 Å². The Hall–Kier alpha value is -2.08. The largest absolute Gasteiger partial charge is 0.398 e. The maximum absolute atomic E-state index is 11.4. The Morgan fingerprint density at radius 3 is 2.57 bits per heavy atom. The van der Waals surface area contributed by atoms with Gasteiger partial charge in [0.05, 0.1) is 0 Å². The highest BCUT2D eigenvalue weighted by molar-refractivity contribution is 5.93. The molecule has 0 aliphatic carbocycles. The smallest absolute Gasteiger partial charge is 0.248 e. The second-order valence-electron chi connectivity index (χ2n) is 5.41. The lowest BCUT2D eigenvalue weighted by molar-refractivity contribution is -0.128. The van der Waals surface area contributed by atoms with Crippen molar-refractivity contribution >= 4 is 17.5 Å². The van der Waals surface area contributed by atoms with Crippen molar-refractivity contribution in [3.05, 3.63) is 29.3 Å². The molecule has 6 heteroatoms. The van der Waals surface area contributed by atoms with Crippen molar-refractivity contribution in [1.82, 2.24) is 9.80 Å². The molecule has 0 saturated carbocycles. The summed E-state index contributed by atoms with van der Waals surface area (Å²) in [6.07, 6.45) is 0.957. The molecule has 0 spiro atoms. The summed E-state index contributed by atoms with van der Waals surface area (Å²) in [4.78, 5) is 26.7. The average Bonchev–Trinajstić information content (AvgIpc) is 2.66. The van der Waals surface area contributed by atoms with E-state index in [2.05, 4.69) is 4.90 Å². The SMILES string of the molecule is CC(=O)N1CCCN(Cc2ccc(C(N)=O)cc2N)CC1. The number of nitrogens with two attached hydrogens (primary N) is 2. The molecule has 21 heavy (non-hydrogen) atoms. The number of anilines is 1. The highest BCUT2D eigenvalue weighted by atomic mass is 16.2. The fourth-order valence-corrected chi connectivity index (χ4v) is 2.58. The molecule has 1 aliphatic heterocycles. The summed E-state index contributed by atoms with van der Waals surface area (Å²) in [7, 11) is 0. The molecule has 1 aromatic carbocycles. The Labute approximate surface area is 124 Å². The van der Waals surface area contributed by atoms with Crippen LogP contribution in [0.1, 0.15) is 29.3 Å². The number of carbonyl (C=O) groups excluding carboxylic acids is 2. The van der Waals surface area contributed by atoms with E-state index in [9.17, 15) is 9.59 Å². The van der Waals surface area contributed by atoms with Crippen molar-refractivity contribution in [1.29, 1.82) is 0 Å². The number of hydrogen-bond acceptors (Lipinski definition) is 4. The minimum absolute atomic E-state index is 0.127. The molecule has 1 aliphatic rings. The summed E-state index contributed by atoms with van der Waals surface area (Å²) in [5, 5.41) is 0. The molecule has 1 saturated heterocycles. The summed E-state index contributed by atoms with van der Waals surface area (Å²) in [6, 6.07) is 5.17. The second-order valence-corrected chi connectivity index (χ2v) is 5.41. The van der Waals surface area contributed by atoms with E-state index in [4.69, 9.17) is 11.5 Å². The van der Waals surface area contributed by atoms with Gasteiger partial charge in [-0.05, 0) is 24.1 Å². The number of carbonyl (C=O) groups is 2. The maximum Gasteiger partial charge on any atom is 0.248 e. The lowest BCUT2D eigenvalue weighted by Crippen LogP contribution is -2.33. The van der Waals surface area contributed by atoms with Gasteiger partial charge in [-0.25, -0.2) is 0 Å². The quantitative estimate of drug-likeness (QED) is 0.789. The second kappa shape index (κ2) is 6.58. The lowest BCUT2D eigenvalue weighted by atomic mass is 10.1. The molecule has 0 atom stereocenters. The van der Waals surface area contributed by atoms with E-state index in [0.717, 1.165) is 44.7 Å². The van der Waals surface area contributed by atoms with Gasteiger partial charge in [0.2, 0.25) is 11.8 Å². The topological polar surface area (TPSA) is 92.7 Å². The number of nitrogen functional groups attached to an aromatic ring is 1. The minimum Gasteiger partial charge on any atom is -0.398 e. The molecule has 6 nitrogen and oxygen atoms in total. The van der Waals surface area contributed by atoms with Crippen LogP contribution in [0, 0.1) is 0 Å². The van der Waals surface area contributed by atoms with E-state index in [1.54, 1.807) is 19.1 Å². The number of rotatable bonds is 3. The number of primary amides is 1. The molecule has 0 unspecified atom stereocenters. The van der Waals surface area contributed by atoms with Gasteiger partial charge >= 0.3 is 0 Å². The van der Waals surface area contributed by atoms with E-state index in [0.29, 0.717) is 11.3 Å². The molecule has 0 bridgehead atoms.